The van der Waals surface area contributed by atoms with E-state index < -0.39 is 10.8 Å². The number of rotatable bonds is 6. The minimum atomic E-state index is -0.726. The molecule has 0 saturated carbocycles. The van der Waals surface area contributed by atoms with Gasteiger partial charge in [0.1, 0.15) is 6.10 Å². The molecule has 5 heteroatoms. The summed E-state index contributed by atoms with van der Waals surface area (Å²) >= 11 is 0. The third kappa shape index (κ3) is 3.34. The molecule has 4 nitrogen and oxygen atoms in total. The summed E-state index contributed by atoms with van der Waals surface area (Å²) < 4.78 is 21.2. The van der Waals surface area contributed by atoms with E-state index in [1.165, 1.54) is 0 Å². The molecule has 0 aromatic rings. The van der Waals surface area contributed by atoms with Crippen LogP contribution in [0.2, 0.25) is 0 Å². The predicted molar refractivity (Wildman–Crippen MR) is 52.1 cm³/mol. The highest BCUT2D eigenvalue weighted by atomic mass is 32.2. The van der Waals surface area contributed by atoms with Crippen molar-refractivity contribution in [3.8, 4) is 0 Å². The summed E-state index contributed by atoms with van der Waals surface area (Å²) in [6.45, 7) is 0. The van der Waals surface area contributed by atoms with E-state index >= 15 is 0 Å². The summed E-state index contributed by atoms with van der Waals surface area (Å²) in [5.41, 5.74) is 0. The molecule has 0 amide bonds. The number of hydrogen-bond donors (Lipinski definition) is 1. The third-order valence-electron chi connectivity index (χ3n) is 2.20. The molecule has 0 aromatic heterocycles. The summed E-state index contributed by atoms with van der Waals surface area (Å²) in [5, 5.41) is 3.14. The molecule has 1 saturated heterocycles. The van der Waals surface area contributed by atoms with Gasteiger partial charge < -0.3 is 14.8 Å². The second kappa shape index (κ2) is 5.05. The Morgan fingerprint density at radius 2 is 2.38 bits per heavy atom. The Balaban J connectivity index is 2.24. The Labute approximate surface area is 81.4 Å². The zero-order chi connectivity index (χ0) is 9.84. The van der Waals surface area contributed by atoms with E-state index in [-0.39, 0.29) is 18.4 Å². The molecule has 0 radical (unpaired) electrons. The zero-order valence-electron chi connectivity index (χ0n) is 8.28. The fraction of sp³-hybridized carbons (Fsp3) is 1.00. The topological polar surface area (TPSA) is 50.9 Å². The lowest BCUT2D eigenvalue weighted by molar-refractivity contribution is 0.0950. The van der Waals surface area contributed by atoms with Crippen molar-refractivity contribution in [1.29, 1.82) is 0 Å². The highest BCUT2D eigenvalue weighted by Crippen LogP contribution is 2.27. The SMILES string of the molecule is CNC(CCS(C)=O)C1OC1OC. The van der Waals surface area contributed by atoms with Gasteiger partial charge >= 0.3 is 0 Å². The summed E-state index contributed by atoms with van der Waals surface area (Å²) in [7, 11) is 2.79. The highest BCUT2D eigenvalue weighted by molar-refractivity contribution is 7.84. The molecule has 0 aliphatic carbocycles. The van der Waals surface area contributed by atoms with Crippen LogP contribution in [0.25, 0.3) is 0 Å². The van der Waals surface area contributed by atoms with E-state index in [2.05, 4.69) is 5.32 Å². The van der Waals surface area contributed by atoms with Gasteiger partial charge in [-0.15, -0.1) is 0 Å². The van der Waals surface area contributed by atoms with E-state index in [4.69, 9.17) is 9.47 Å². The fourth-order valence-electron chi connectivity index (χ4n) is 1.35. The van der Waals surface area contributed by atoms with Gasteiger partial charge in [-0.1, -0.05) is 0 Å². The van der Waals surface area contributed by atoms with Crippen molar-refractivity contribution in [2.24, 2.45) is 0 Å². The van der Waals surface area contributed by atoms with Crippen LogP contribution in [0, 0.1) is 0 Å². The summed E-state index contributed by atoms with van der Waals surface area (Å²) in [5.74, 6) is 0.710. The average Bonchev–Trinajstić information content (AvgIpc) is 2.84. The lowest BCUT2D eigenvalue weighted by atomic mass is 10.1. The molecule has 0 spiro atoms. The summed E-state index contributed by atoms with van der Waals surface area (Å²) in [4.78, 5) is 0. The van der Waals surface area contributed by atoms with Crippen molar-refractivity contribution in [3.05, 3.63) is 0 Å². The lowest BCUT2D eigenvalue weighted by Crippen LogP contribution is -2.33. The molecule has 1 aliphatic rings. The maximum absolute atomic E-state index is 10.9. The molecule has 1 N–H and O–H groups in total. The molecular formula is C8H17NO3S. The molecule has 1 rings (SSSR count). The average molecular weight is 207 g/mol. The first-order valence-electron chi connectivity index (χ1n) is 4.34. The summed E-state index contributed by atoms with van der Waals surface area (Å²) in [6.07, 6.45) is 2.65. The van der Waals surface area contributed by atoms with Crippen LogP contribution < -0.4 is 5.32 Å². The highest BCUT2D eigenvalue weighted by Gasteiger charge is 2.44. The van der Waals surface area contributed by atoms with Gasteiger partial charge in [-0.25, -0.2) is 0 Å². The smallest absolute Gasteiger partial charge is 0.185 e. The number of methoxy groups -OCH3 is 1. The molecular weight excluding hydrogens is 190 g/mol. The Morgan fingerprint density at radius 3 is 2.77 bits per heavy atom. The maximum Gasteiger partial charge on any atom is 0.185 e. The third-order valence-corrected chi connectivity index (χ3v) is 3.01. The van der Waals surface area contributed by atoms with Crippen molar-refractivity contribution in [2.75, 3.05) is 26.2 Å². The van der Waals surface area contributed by atoms with Crippen molar-refractivity contribution in [2.45, 2.75) is 24.9 Å². The van der Waals surface area contributed by atoms with Crippen LogP contribution >= 0.6 is 0 Å². The molecule has 0 aromatic carbocycles. The normalized spacial score (nSPS) is 31.3. The van der Waals surface area contributed by atoms with E-state index in [1.807, 2.05) is 7.05 Å². The van der Waals surface area contributed by atoms with Crippen LogP contribution in [-0.2, 0) is 20.3 Å². The largest absolute Gasteiger partial charge is 0.353 e. The number of ether oxygens (including phenoxy) is 2. The van der Waals surface area contributed by atoms with Gasteiger partial charge in [-0.05, 0) is 13.5 Å². The van der Waals surface area contributed by atoms with Gasteiger partial charge in [-0.3, -0.25) is 4.21 Å². The maximum atomic E-state index is 10.9. The first-order valence-corrected chi connectivity index (χ1v) is 6.07. The number of hydrogen-bond acceptors (Lipinski definition) is 4. The monoisotopic (exact) mass is 207 g/mol. The Kier molecular flexibility index (Phi) is 4.31. The lowest BCUT2D eigenvalue weighted by Gasteiger charge is -2.11. The first-order chi connectivity index (χ1) is 6.19. The van der Waals surface area contributed by atoms with Gasteiger partial charge in [0.25, 0.3) is 0 Å². The van der Waals surface area contributed by atoms with Gasteiger partial charge in [0.15, 0.2) is 6.29 Å². The van der Waals surface area contributed by atoms with Gasteiger partial charge in [0.05, 0.1) is 0 Å². The minimum absolute atomic E-state index is 0.0669. The Bertz CT molecular complexity index is 188. The molecule has 13 heavy (non-hydrogen) atoms. The summed E-state index contributed by atoms with van der Waals surface area (Å²) in [6, 6.07) is 0.258. The van der Waals surface area contributed by atoms with Crippen LogP contribution in [-0.4, -0.2) is 48.8 Å². The predicted octanol–water partition coefficient (Wildman–Crippen LogP) is -0.286. The van der Waals surface area contributed by atoms with Crippen molar-refractivity contribution < 1.29 is 13.7 Å². The number of epoxide rings is 1. The van der Waals surface area contributed by atoms with Crippen molar-refractivity contribution in [3.63, 3.8) is 0 Å². The Hall–Kier alpha value is 0.0300. The Morgan fingerprint density at radius 1 is 1.69 bits per heavy atom. The van der Waals surface area contributed by atoms with Gasteiger partial charge in [0.2, 0.25) is 0 Å². The fourth-order valence-corrected chi connectivity index (χ4v) is 1.94. The van der Waals surface area contributed by atoms with Crippen molar-refractivity contribution >= 4 is 10.8 Å². The molecule has 1 heterocycles. The quantitative estimate of drug-likeness (QED) is 0.608. The molecule has 4 atom stereocenters. The van der Waals surface area contributed by atoms with Crippen LogP contribution in [0.1, 0.15) is 6.42 Å². The number of likely N-dealkylation sites (N-methyl/N-ethyl adjacent to an activating group) is 1. The van der Waals surface area contributed by atoms with E-state index in [0.29, 0.717) is 5.75 Å². The van der Waals surface area contributed by atoms with Crippen molar-refractivity contribution in [1.82, 2.24) is 5.32 Å². The van der Waals surface area contributed by atoms with Crippen LogP contribution in [0.4, 0.5) is 0 Å². The molecule has 0 bridgehead atoms. The van der Waals surface area contributed by atoms with E-state index in [0.717, 1.165) is 6.42 Å². The minimum Gasteiger partial charge on any atom is -0.353 e. The van der Waals surface area contributed by atoms with Crippen LogP contribution in [0.3, 0.4) is 0 Å². The molecule has 1 fully saturated rings. The molecule has 78 valence electrons. The van der Waals surface area contributed by atoms with Crippen LogP contribution in [0.5, 0.6) is 0 Å². The second-order valence-electron chi connectivity index (χ2n) is 3.17. The van der Waals surface area contributed by atoms with Gasteiger partial charge in [-0.2, -0.15) is 0 Å². The van der Waals surface area contributed by atoms with Gasteiger partial charge in [0, 0.05) is 36.0 Å². The number of nitrogens with one attached hydrogen (secondary N) is 1. The first kappa shape index (κ1) is 11.1. The zero-order valence-corrected chi connectivity index (χ0v) is 9.10. The standard InChI is InChI=1S/C8H17NO3S/c1-9-6(4-5-13(3)10)7-8(11-2)12-7/h6-9H,4-5H2,1-3H3. The van der Waals surface area contributed by atoms with E-state index in [1.54, 1.807) is 13.4 Å². The van der Waals surface area contributed by atoms with E-state index in [9.17, 15) is 4.21 Å². The second-order valence-corrected chi connectivity index (χ2v) is 4.72. The molecule has 4 unspecified atom stereocenters. The van der Waals surface area contributed by atoms with Crippen LogP contribution in [0.15, 0.2) is 0 Å². The molecule has 1 aliphatic heterocycles.